The number of cyclic esters (lactones) is 2. The lowest BCUT2D eigenvalue weighted by Crippen LogP contribution is -2.35. The lowest BCUT2D eigenvalue weighted by Gasteiger charge is -2.22. The molecule has 3 heterocycles. The molecule has 6 fully saturated rings. The number of carbonyl (C=O) groups is 6. The quantitative estimate of drug-likeness (QED) is 0.0664. The average molecular weight is 739 g/mol. The number of amides is 4. The molecule has 0 radical (unpaired) electrons. The fourth-order valence-corrected chi connectivity index (χ4v) is 10.4. The van der Waals surface area contributed by atoms with Gasteiger partial charge in [0.1, 0.15) is 11.5 Å². The van der Waals surface area contributed by atoms with E-state index in [1.165, 1.54) is 35.2 Å². The van der Waals surface area contributed by atoms with Crippen molar-refractivity contribution in [2.75, 3.05) is 21.3 Å². The molecule has 12 atom stereocenters. The summed E-state index contributed by atoms with van der Waals surface area (Å²) in [6.07, 6.45) is 14.8. The first kappa shape index (κ1) is 36.6. The summed E-state index contributed by atoms with van der Waals surface area (Å²) < 4.78 is 4.59. The number of hydrogen-bond donors (Lipinski definition) is 4. The molecule has 6 aliphatic carbocycles. The van der Waals surface area contributed by atoms with Crippen LogP contribution in [0.2, 0.25) is 0 Å². The first-order chi connectivity index (χ1) is 24.9. The number of ether oxygens (including phenoxy) is 1. The number of aromatic hydroxyl groups is 2. The molecular formula is C40H42N4O10. The first-order valence-electron chi connectivity index (χ1n) is 17.7. The summed E-state index contributed by atoms with van der Waals surface area (Å²) in [4.78, 5) is 77.2. The van der Waals surface area contributed by atoms with Crippen LogP contribution in [0.15, 0.2) is 72.9 Å². The van der Waals surface area contributed by atoms with Crippen molar-refractivity contribution in [1.29, 1.82) is 0 Å². The molecule has 2 aromatic carbocycles. The molecule has 2 aromatic rings. The van der Waals surface area contributed by atoms with Crippen molar-refractivity contribution in [2.45, 2.75) is 26.7 Å². The zero-order chi connectivity index (χ0) is 36.3. The van der Waals surface area contributed by atoms with E-state index in [4.69, 9.17) is 16.6 Å². The van der Waals surface area contributed by atoms with E-state index in [1.807, 2.05) is 36.5 Å². The van der Waals surface area contributed by atoms with Gasteiger partial charge in [0.25, 0.3) is 0 Å². The van der Waals surface area contributed by atoms with Crippen LogP contribution in [0.3, 0.4) is 0 Å². The molecule has 12 unspecified atom stereocenters. The van der Waals surface area contributed by atoms with Gasteiger partial charge < -0.3 is 31.9 Å². The number of carbonyl (C=O) groups excluding carboxylic acids is 6. The standard InChI is InChI=1S/C24H20N2O5.C9H8O3.C6H8N2O.CH4.H2O/c27-16-6-5-14(25-21(28)17-10-1-2-11(7-10)18(17)22(25)29)9-15(16)26-23(30)19-12-3-4-13(8-12)20(19)24(26)31;10-8-6-4-1-2-5(3-4)7(6)9(11)12-8;7-4-1-2-6(9)5(8)3-4;;/h1-6,9-13,17-20,27H,7-8H2;1-2,4-7H,3H2;1-3,9H,7-8H2;1H4;1H2. The van der Waals surface area contributed by atoms with Gasteiger partial charge >= 0.3 is 11.9 Å². The van der Waals surface area contributed by atoms with E-state index in [0.717, 1.165) is 24.2 Å². The molecule has 14 nitrogen and oxygen atoms in total. The summed E-state index contributed by atoms with van der Waals surface area (Å²) in [6, 6.07) is 8.86. The van der Waals surface area contributed by atoms with Crippen molar-refractivity contribution < 1.29 is 49.2 Å². The molecule has 3 aliphatic heterocycles. The van der Waals surface area contributed by atoms with Gasteiger partial charge in [-0.3, -0.25) is 28.8 Å². The molecule has 0 aromatic heterocycles. The third kappa shape index (κ3) is 5.17. The summed E-state index contributed by atoms with van der Waals surface area (Å²) in [7, 11) is 0. The van der Waals surface area contributed by atoms with Crippen molar-refractivity contribution in [3.63, 3.8) is 0 Å². The normalized spacial score (nSPS) is 36.0. The van der Waals surface area contributed by atoms with Gasteiger partial charge in [0.05, 0.1) is 52.6 Å². The summed E-state index contributed by atoms with van der Waals surface area (Å²) in [6.45, 7) is 0. The molecule has 11 rings (SSSR count). The van der Waals surface area contributed by atoms with Gasteiger partial charge in [-0.25, -0.2) is 9.80 Å². The Morgan fingerprint density at radius 2 is 0.926 bits per heavy atom. The Morgan fingerprint density at radius 3 is 1.33 bits per heavy atom. The zero-order valence-corrected chi connectivity index (χ0v) is 28.3. The number of imide groups is 2. The summed E-state index contributed by atoms with van der Waals surface area (Å²) >= 11 is 0. The van der Waals surface area contributed by atoms with Crippen LogP contribution >= 0.6 is 0 Å². The lowest BCUT2D eigenvalue weighted by molar-refractivity contribution is -0.154. The molecule has 3 saturated heterocycles. The largest absolute Gasteiger partial charge is 0.506 e. The van der Waals surface area contributed by atoms with Crippen LogP contribution in [-0.4, -0.2) is 51.3 Å². The minimum atomic E-state index is -0.387. The van der Waals surface area contributed by atoms with Crippen LogP contribution in [0.4, 0.5) is 22.7 Å². The summed E-state index contributed by atoms with van der Waals surface area (Å²) in [5.41, 5.74) is 11.9. The Kier molecular flexibility index (Phi) is 8.79. The second-order valence-corrected chi connectivity index (χ2v) is 15.3. The molecule has 3 saturated carbocycles. The Bertz CT molecular complexity index is 2000. The highest BCUT2D eigenvalue weighted by Crippen LogP contribution is 2.56. The number of anilines is 4. The molecule has 6 bridgehead atoms. The maximum Gasteiger partial charge on any atom is 0.318 e. The molecule has 8 N–H and O–H groups in total. The van der Waals surface area contributed by atoms with E-state index < -0.39 is 0 Å². The molecular weight excluding hydrogens is 696 g/mol. The van der Waals surface area contributed by atoms with Gasteiger partial charge in [-0.15, -0.1) is 0 Å². The van der Waals surface area contributed by atoms with Crippen molar-refractivity contribution in [3.05, 3.63) is 72.9 Å². The number of phenolic OH excluding ortho intramolecular Hbond substituents is 2. The van der Waals surface area contributed by atoms with Crippen molar-refractivity contribution in [3.8, 4) is 11.5 Å². The SMILES string of the molecule is C.Nc1ccc(O)c(N)c1.O.O=C1C2C3C=CC(C3)C2C(=O)N1c1ccc(O)c(N2C(=O)C3C4C=CC(C4)C3C2=O)c1.O=C1OC(=O)C2C3C=CC(C3)C12. The van der Waals surface area contributed by atoms with Crippen molar-refractivity contribution >= 4 is 58.3 Å². The van der Waals surface area contributed by atoms with Gasteiger partial charge in [0, 0.05) is 5.69 Å². The Labute approximate surface area is 310 Å². The van der Waals surface area contributed by atoms with E-state index >= 15 is 0 Å². The number of nitrogens with two attached hydrogens (primary N) is 2. The van der Waals surface area contributed by atoms with Crippen LogP contribution in [0, 0.1) is 71.0 Å². The molecule has 14 heteroatoms. The van der Waals surface area contributed by atoms with E-state index in [-0.39, 0.29) is 137 Å². The number of phenols is 2. The van der Waals surface area contributed by atoms with Crippen molar-refractivity contribution in [1.82, 2.24) is 0 Å². The third-order valence-corrected chi connectivity index (χ3v) is 12.7. The average Bonchev–Trinajstić information content (AvgIpc) is 3.98. The molecule has 4 amide bonds. The van der Waals surface area contributed by atoms with E-state index in [1.54, 1.807) is 6.07 Å². The fourth-order valence-electron chi connectivity index (χ4n) is 10.4. The second-order valence-electron chi connectivity index (χ2n) is 15.3. The predicted molar refractivity (Wildman–Crippen MR) is 195 cm³/mol. The smallest absolute Gasteiger partial charge is 0.318 e. The number of rotatable bonds is 2. The van der Waals surface area contributed by atoms with Crippen LogP contribution in [0.5, 0.6) is 11.5 Å². The molecule has 54 heavy (non-hydrogen) atoms. The predicted octanol–water partition coefficient (Wildman–Crippen LogP) is 2.89. The highest BCUT2D eigenvalue weighted by molar-refractivity contribution is 6.25. The van der Waals surface area contributed by atoms with E-state index in [9.17, 15) is 33.9 Å². The molecule has 282 valence electrons. The number of nitrogens with zero attached hydrogens (tertiary/aromatic N) is 2. The second kappa shape index (κ2) is 13.0. The number of allylic oxidation sites excluding steroid dienone is 6. The lowest BCUT2D eigenvalue weighted by atomic mass is 9.85. The molecule has 0 spiro atoms. The number of nitrogen functional groups attached to an aromatic ring is 2. The van der Waals surface area contributed by atoms with Gasteiger partial charge in [-0.1, -0.05) is 43.9 Å². The third-order valence-electron chi connectivity index (χ3n) is 12.7. The van der Waals surface area contributed by atoms with E-state index in [2.05, 4.69) is 4.74 Å². The van der Waals surface area contributed by atoms with Gasteiger partial charge in [0.2, 0.25) is 23.6 Å². The highest BCUT2D eigenvalue weighted by Gasteiger charge is 2.62. The maximum absolute atomic E-state index is 13.2. The van der Waals surface area contributed by atoms with Crippen LogP contribution in [0.1, 0.15) is 26.7 Å². The number of benzene rings is 2. The number of fused-ring (bicyclic) bond motifs is 15. The number of esters is 2. The monoisotopic (exact) mass is 738 g/mol. The van der Waals surface area contributed by atoms with Crippen LogP contribution < -0.4 is 21.3 Å². The van der Waals surface area contributed by atoms with Gasteiger partial charge in [-0.2, -0.15) is 0 Å². The Morgan fingerprint density at radius 1 is 0.537 bits per heavy atom. The minimum absolute atomic E-state index is 0. The van der Waals surface area contributed by atoms with E-state index in [0.29, 0.717) is 17.1 Å². The van der Waals surface area contributed by atoms with Crippen molar-refractivity contribution in [2.24, 2.45) is 71.0 Å². The summed E-state index contributed by atoms with van der Waals surface area (Å²) in [5.74, 6) is -2.71. The Balaban J connectivity index is 0.000000161. The summed E-state index contributed by atoms with van der Waals surface area (Å²) in [5, 5.41) is 19.4. The highest BCUT2D eigenvalue weighted by atomic mass is 16.6. The number of hydrogen-bond acceptors (Lipinski definition) is 11. The van der Waals surface area contributed by atoms with Gasteiger partial charge in [0.15, 0.2) is 0 Å². The minimum Gasteiger partial charge on any atom is -0.506 e. The maximum atomic E-state index is 13.2. The Hall–Kier alpha value is -5.76. The van der Waals surface area contributed by atoms with Crippen LogP contribution in [-0.2, 0) is 33.5 Å². The first-order valence-corrected chi connectivity index (χ1v) is 17.7. The molecule has 9 aliphatic rings. The fraction of sp³-hybridized carbons (Fsp3) is 0.400. The zero-order valence-electron chi connectivity index (χ0n) is 28.3. The van der Waals surface area contributed by atoms with Crippen LogP contribution in [0.25, 0.3) is 0 Å². The van der Waals surface area contributed by atoms with Gasteiger partial charge in [-0.05, 0) is 91.2 Å². The topological polar surface area (TPSA) is 242 Å².